The van der Waals surface area contributed by atoms with Crippen molar-refractivity contribution >= 4 is 11.9 Å². The van der Waals surface area contributed by atoms with Gasteiger partial charge in [0.05, 0.1) is 5.69 Å². The average molecular weight is 269 g/mol. The van der Waals surface area contributed by atoms with Crippen LogP contribution in [0, 0.1) is 5.92 Å². The molecule has 0 aliphatic heterocycles. The van der Waals surface area contributed by atoms with Crippen LogP contribution in [0.4, 0.5) is 5.95 Å². The zero-order valence-corrected chi connectivity index (χ0v) is 10.9. The van der Waals surface area contributed by atoms with Crippen molar-refractivity contribution in [2.75, 3.05) is 12.3 Å². The first-order valence-electron chi connectivity index (χ1n) is 6.55. The van der Waals surface area contributed by atoms with Crippen molar-refractivity contribution in [1.82, 2.24) is 20.3 Å². The Balaban J connectivity index is 1.77. The van der Waals surface area contributed by atoms with Gasteiger partial charge >= 0.3 is 0 Å². The van der Waals surface area contributed by atoms with E-state index >= 15 is 0 Å². The highest BCUT2D eigenvalue weighted by Crippen LogP contribution is 2.27. The molecule has 20 heavy (non-hydrogen) atoms. The second-order valence-corrected chi connectivity index (χ2v) is 4.89. The first-order valence-corrected chi connectivity index (χ1v) is 6.55. The third kappa shape index (κ3) is 2.90. The van der Waals surface area contributed by atoms with Gasteiger partial charge in [0.15, 0.2) is 0 Å². The zero-order chi connectivity index (χ0) is 13.9. The molecule has 0 aromatic carbocycles. The van der Waals surface area contributed by atoms with Crippen LogP contribution in [0.25, 0.3) is 11.3 Å². The van der Waals surface area contributed by atoms with E-state index in [1.165, 1.54) is 12.8 Å². The highest BCUT2D eigenvalue weighted by molar-refractivity contribution is 5.92. The van der Waals surface area contributed by atoms with Crippen LogP contribution >= 0.6 is 0 Å². The fourth-order valence-electron chi connectivity index (χ4n) is 1.84. The zero-order valence-electron chi connectivity index (χ0n) is 10.9. The van der Waals surface area contributed by atoms with Gasteiger partial charge in [0.25, 0.3) is 5.91 Å². The van der Waals surface area contributed by atoms with Crippen molar-refractivity contribution in [3.8, 4) is 11.3 Å². The molecule has 0 spiro atoms. The number of amides is 1. The molecular formula is C14H15N5O. The lowest BCUT2D eigenvalue weighted by Gasteiger charge is -2.05. The summed E-state index contributed by atoms with van der Waals surface area (Å²) in [7, 11) is 0. The third-order valence-corrected chi connectivity index (χ3v) is 3.20. The number of nitrogens with two attached hydrogens (primary N) is 1. The Labute approximate surface area is 116 Å². The highest BCUT2D eigenvalue weighted by Gasteiger charge is 2.22. The topological polar surface area (TPSA) is 93.8 Å². The summed E-state index contributed by atoms with van der Waals surface area (Å²) >= 11 is 0. The van der Waals surface area contributed by atoms with Gasteiger partial charge in [0, 0.05) is 24.5 Å². The minimum Gasteiger partial charge on any atom is -0.368 e. The molecule has 6 nitrogen and oxygen atoms in total. The molecule has 0 unspecified atom stereocenters. The van der Waals surface area contributed by atoms with Crippen LogP contribution < -0.4 is 11.1 Å². The molecule has 3 rings (SSSR count). The number of rotatable bonds is 4. The molecule has 1 amide bonds. The Kier molecular flexibility index (Phi) is 3.28. The smallest absolute Gasteiger partial charge is 0.269 e. The summed E-state index contributed by atoms with van der Waals surface area (Å²) in [4.78, 5) is 24.2. The lowest BCUT2D eigenvalue weighted by Crippen LogP contribution is -2.26. The molecule has 0 saturated heterocycles. The molecule has 1 aliphatic carbocycles. The first-order chi connectivity index (χ1) is 9.72. The van der Waals surface area contributed by atoms with E-state index in [1.54, 1.807) is 24.5 Å². The monoisotopic (exact) mass is 269 g/mol. The lowest BCUT2D eigenvalue weighted by atomic mass is 10.2. The number of anilines is 1. The summed E-state index contributed by atoms with van der Waals surface area (Å²) in [6.45, 7) is 0.732. The molecule has 1 aliphatic rings. The molecule has 6 heteroatoms. The maximum atomic E-state index is 12.0. The number of nitrogen functional groups attached to an aromatic ring is 1. The number of carbonyl (C=O) groups is 1. The molecule has 1 saturated carbocycles. The number of nitrogens with zero attached hydrogens (tertiary/aromatic N) is 3. The van der Waals surface area contributed by atoms with Gasteiger partial charge in [0.1, 0.15) is 5.69 Å². The van der Waals surface area contributed by atoms with Crippen molar-refractivity contribution in [1.29, 1.82) is 0 Å². The number of hydrogen-bond acceptors (Lipinski definition) is 5. The van der Waals surface area contributed by atoms with E-state index in [0.717, 1.165) is 12.1 Å². The minimum atomic E-state index is -0.143. The van der Waals surface area contributed by atoms with Gasteiger partial charge < -0.3 is 11.1 Å². The summed E-state index contributed by atoms with van der Waals surface area (Å²) in [5.41, 5.74) is 7.24. The van der Waals surface area contributed by atoms with Gasteiger partial charge in [-0.15, -0.1) is 0 Å². The Hall–Kier alpha value is -2.50. The normalized spacial score (nSPS) is 14.0. The second-order valence-electron chi connectivity index (χ2n) is 4.89. The van der Waals surface area contributed by atoms with E-state index in [1.807, 2.05) is 6.07 Å². The fraction of sp³-hybridized carbons (Fsp3) is 0.286. The summed E-state index contributed by atoms with van der Waals surface area (Å²) in [5, 5.41) is 2.90. The Morgan fingerprint density at radius 1 is 1.30 bits per heavy atom. The Morgan fingerprint density at radius 2 is 2.05 bits per heavy atom. The largest absolute Gasteiger partial charge is 0.368 e. The quantitative estimate of drug-likeness (QED) is 0.871. The molecule has 102 valence electrons. The van der Waals surface area contributed by atoms with E-state index in [2.05, 4.69) is 20.3 Å². The Bertz CT molecular complexity index is 622. The van der Waals surface area contributed by atoms with Crippen molar-refractivity contribution in [2.45, 2.75) is 12.8 Å². The Morgan fingerprint density at radius 3 is 2.75 bits per heavy atom. The maximum absolute atomic E-state index is 12.0. The summed E-state index contributed by atoms with van der Waals surface area (Å²) in [6.07, 6.45) is 5.60. The van der Waals surface area contributed by atoms with Gasteiger partial charge in [-0.3, -0.25) is 4.79 Å². The van der Waals surface area contributed by atoms with E-state index in [4.69, 9.17) is 5.73 Å². The standard InChI is InChI=1S/C14H15N5O/c15-14-17-7-10(8-18-14)11-2-1-3-12(19-11)13(20)16-6-9-4-5-9/h1-3,7-9H,4-6H2,(H,16,20)(H2,15,17,18). The number of carbonyl (C=O) groups excluding carboxylic acids is 1. The van der Waals surface area contributed by atoms with Crippen LogP contribution in [0.1, 0.15) is 23.3 Å². The van der Waals surface area contributed by atoms with Crippen LogP contribution in [0.5, 0.6) is 0 Å². The first kappa shape index (κ1) is 12.5. The van der Waals surface area contributed by atoms with Gasteiger partial charge in [-0.1, -0.05) is 6.07 Å². The molecule has 1 fully saturated rings. The summed E-state index contributed by atoms with van der Waals surface area (Å²) < 4.78 is 0. The van der Waals surface area contributed by atoms with E-state index in [0.29, 0.717) is 17.3 Å². The van der Waals surface area contributed by atoms with Crippen molar-refractivity contribution in [3.63, 3.8) is 0 Å². The fourth-order valence-corrected chi connectivity index (χ4v) is 1.84. The molecule has 0 radical (unpaired) electrons. The van der Waals surface area contributed by atoms with E-state index in [-0.39, 0.29) is 11.9 Å². The summed E-state index contributed by atoms with van der Waals surface area (Å²) in [5.74, 6) is 0.717. The van der Waals surface area contributed by atoms with Gasteiger partial charge in [0.2, 0.25) is 5.95 Å². The predicted molar refractivity (Wildman–Crippen MR) is 74.7 cm³/mol. The van der Waals surface area contributed by atoms with Crippen LogP contribution in [0.15, 0.2) is 30.6 Å². The molecule has 0 atom stereocenters. The number of hydrogen-bond donors (Lipinski definition) is 2. The van der Waals surface area contributed by atoms with E-state index in [9.17, 15) is 4.79 Å². The molecule has 2 aromatic heterocycles. The van der Waals surface area contributed by atoms with Gasteiger partial charge in [-0.05, 0) is 30.9 Å². The molecule has 2 aromatic rings. The van der Waals surface area contributed by atoms with Crippen molar-refractivity contribution in [3.05, 3.63) is 36.3 Å². The third-order valence-electron chi connectivity index (χ3n) is 3.20. The van der Waals surface area contributed by atoms with E-state index < -0.39 is 0 Å². The second kappa shape index (κ2) is 5.24. The number of aromatic nitrogens is 3. The van der Waals surface area contributed by atoms with Gasteiger partial charge in [-0.2, -0.15) is 0 Å². The van der Waals surface area contributed by atoms with Crippen LogP contribution in [0.3, 0.4) is 0 Å². The average Bonchev–Trinajstić information content (AvgIpc) is 3.30. The lowest BCUT2D eigenvalue weighted by molar-refractivity contribution is 0.0947. The molecular weight excluding hydrogens is 254 g/mol. The molecule has 2 heterocycles. The SMILES string of the molecule is Nc1ncc(-c2cccc(C(=O)NCC3CC3)n2)cn1. The van der Waals surface area contributed by atoms with Crippen molar-refractivity contribution in [2.24, 2.45) is 5.92 Å². The van der Waals surface area contributed by atoms with Crippen LogP contribution in [-0.4, -0.2) is 27.4 Å². The van der Waals surface area contributed by atoms with Crippen LogP contribution in [-0.2, 0) is 0 Å². The highest BCUT2D eigenvalue weighted by atomic mass is 16.1. The van der Waals surface area contributed by atoms with Crippen LogP contribution in [0.2, 0.25) is 0 Å². The van der Waals surface area contributed by atoms with Crippen molar-refractivity contribution < 1.29 is 4.79 Å². The summed E-state index contributed by atoms with van der Waals surface area (Å²) in [6, 6.07) is 5.31. The number of pyridine rings is 1. The minimum absolute atomic E-state index is 0.143. The molecule has 3 N–H and O–H groups in total. The predicted octanol–water partition coefficient (Wildman–Crippen LogP) is 1.26. The van der Waals surface area contributed by atoms with Gasteiger partial charge in [-0.25, -0.2) is 15.0 Å². The maximum Gasteiger partial charge on any atom is 0.269 e. The molecule has 0 bridgehead atoms. The number of nitrogens with one attached hydrogen (secondary N) is 1.